The molecule has 0 aliphatic carbocycles. The van der Waals surface area contributed by atoms with Crippen molar-refractivity contribution in [3.63, 3.8) is 0 Å². The van der Waals surface area contributed by atoms with Crippen molar-refractivity contribution in [3.05, 3.63) is 52.1 Å². The first-order chi connectivity index (χ1) is 13.5. The lowest BCUT2D eigenvalue weighted by Crippen LogP contribution is -2.30. The smallest absolute Gasteiger partial charge is 0.252 e. The van der Waals surface area contributed by atoms with Crippen molar-refractivity contribution in [2.45, 2.75) is 32.7 Å². The van der Waals surface area contributed by atoms with Crippen molar-refractivity contribution in [2.75, 3.05) is 18.5 Å². The summed E-state index contributed by atoms with van der Waals surface area (Å²) < 4.78 is 7.20. The molecule has 0 spiro atoms. The molecule has 146 valence electrons. The molecule has 28 heavy (non-hydrogen) atoms. The zero-order valence-electron chi connectivity index (χ0n) is 16.1. The van der Waals surface area contributed by atoms with Crippen LogP contribution in [0.15, 0.2) is 46.0 Å². The van der Waals surface area contributed by atoms with Gasteiger partial charge in [0.1, 0.15) is 12.0 Å². The van der Waals surface area contributed by atoms with E-state index in [1.165, 1.54) is 6.21 Å². The van der Waals surface area contributed by atoms with Gasteiger partial charge in [0, 0.05) is 48.8 Å². The summed E-state index contributed by atoms with van der Waals surface area (Å²) >= 11 is 0. The molecule has 2 aromatic rings. The van der Waals surface area contributed by atoms with Gasteiger partial charge in [-0.25, -0.2) is 9.98 Å². The highest BCUT2D eigenvalue weighted by molar-refractivity contribution is 5.81. The summed E-state index contributed by atoms with van der Waals surface area (Å²) in [6.45, 7) is 9.03. The zero-order chi connectivity index (χ0) is 20.1. The maximum atomic E-state index is 12.7. The summed E-state index contributed by atoms with van der Waals surface area (Å²) in [5, 5.41) is 10.8. The molecule has 0 bridgehead atoms. The number of fused-ring (bicyclic) bond motifs is 1. The van der Waals surface area contributed by atoms with Crippen molar-refractivity contribution < 1.29 is 4.74 Å². The highest BCUT2D eigenvalue weighted by atomic mass is 16.5. The van der Waals surface area contributed by atoms with Crippen LogP contribution in [0.1, 0.15) is 31.4 Å². The zero-order valence-corrected chi connectivity index (χ0v) is 16.1. The Bertz CT molecular complexity index is 1020. The number of aromatic nitrogens is 3. The van der Waals surface area contributed by atoms with E-state index in [4.69, 9.17) is 10.1 Å². The number of ether oxygens (including phenoxy) is 1. The Kier molecular flexibility index (Phi) is 6.10. The van der Waals surface area contributed by atoms with Gasteiger partial charge in [0.15, 0.2) is 0 Å². The van der Waals surface area contributed by atoms with Crippen LogP contribution >= 0.6 is 0 Å². The van der Waals surface area contributed by atoms with Gasteiger partial charge < -0.3 is 10.1 Å². The minimum Gasteiger partial charge on any atom is -0.381 e. The summed E-state index contributed by atoms with van der Waals surface area (Å²) in [6.07, 6.45) is 7.52. The minimum atomic E-state index is -0.0562. The lowest BCUT2D eigenvalue weighted by Gasteiger charge is -2.25. The summed E-state index contributed by atoms with van der Waals surface area (Å²) in [5.41, 5.74) is 2.87. The SMILES string of the molecule is C=C(Nc1ncc2c(C)cc(=O)n(C3CCOCC3)c2n1)/C(C)=C\C=N\C=N. The molecule has 0 unspecified atom stereocenters. The number of aryl methyl sites for hydroxylation is 1. The van der Waals surface area contributed by atoms with Crippen molar-refractivity contribution in [3.8, 4) is 0 Å². The molecule has 1 aliphatic heterocycles. The van der Waals surface area contributed by atoms with Crippen LogP contribution in [0.4, 0.5) is 5.95 Å². The van der Waals surface area contributed by atoms with Gasteiger partial charge in [-0.1, -0.05) is 6.58 Å². The Hall–Kier alpha value is -3.13. The number of hydrogen-bond acceptors (Lipinski definition) is 6. The first-order valence-electron chi connectivity index (χ1n) is 9.13. The van der Waals surface area contributed by atoms with E-state index in [1.54, 1.807) is 22.9 Å². The van der Waals surface area contributed by atoms with Crippen LogP contribution in [0.25, 0.3) is 11.0 Å². The van der Waals surface area contributed by atoms with E-state index in [0.29, 0.717) is 30.5 Å². The quantitative estimate of drug-likeness (QED) is 0.455. The molecule has 1 saturated heterocycles. The van der Waals surface area contributed by atoms with Gasteiger partial charge >= 0.3 is 0 Å². The van der Waals surface area contributed by atoms with Crippen LogP contribution in [-0.4, -0.2) is 40.3 Å². The predicted molar refractivity (Wildman–Crippen MR) is 111 cm³/mol. The molecule has 0 amide bonds. The van der Waals surface area contributed by atoms with E-state index >= 15 is 0 Å². The molecule has 2 N–H and O–H groups in total. The van der Waals surface area contributed by atoms with E-state index in [-0.39, 0.29) is 11.6 Å². The van der Waals surface area contributed by atoms with E-state index in [1.807, 2.05) is 13.8 Å². The Morgan fingerprint density at radius 1 is 1.46 bits per heavy atom. The number of pyridine rings is 1. The number of rotatable bonds is 6. The highest BCUT2D eigenvalue weighted by Gasteiger charge is 2.20. The van der Waals surface area contributed by atoms with Crippen LogP contribution in [0.2, 0.25) is 0 Å². The minimum absolute atomic E-state index is 0.0562. The fourth-order valence-corrected chi connectivity index (χ4v) is 3.16. The molecule has 0 atom stereocenters. The lowest BCUT2D eigenvalue weighted by atomic mass is 10.1. The van der Waals surface area contributed by atoms with Crippen LogP contribution < -0.4 is 10.9 Å². The fourth-order valence-electron chi connectivity index (χ4n) is 3.16. The molecule has 3 heterocycles. The molecule has 3 rings (SSSR count). The van der Waals surface area contributed by atoms with Gasteiger partial charge in [0.05, 0.1) is 0 Å². The van der Waals surface area contributed by atoms with Gasteiger partial charge in [0.2, 0.25) is 5.95 Å². The topological polar surface area (TPSA) is 105 Å². The Balaban J connectivity index is 1.98. The third kappa shape index (κ3) is 4.23. The molecule has 1 aliphatic rings. The summed E-state index contributed by atoms with van der Waals surface area (Å²) in [7, 11) is 0. The largest absolute Gasteiger partial charge is 0.381 e. The molecule has 8 heteroatoms. The van der Waals surface area contributed by atoms with Crippen LogP contribution in [-0.2, 0) is 4.74 Å². The second kappa shape index (κ2) is 8.71. The van der Waals surface area contributed by atoms with Crippen molar-refractivity contribution in [2.24, 2.45) is 4.99 Å². The monoisotopic (exact) mass is 380 g/mol. The second-order valence-electron chi connectivity index (χ2n) is 6.69. The average Bonchev–Trinajstić information content (AvgIpc) is 2.68. The average molecular weight is 380 g/mol. The Morgan fingerprint density at radius 2 is 2.21 bits per heavy atom. The maximum Gasteiger partial charge on any atom is 0.252 e. The summed E-state index contributed by atoms with van der Waals surface area (Å²) in [6, 6.07) is 1.71. The number of allylic oxidation sites excluding steroid dienone is 2. The standard InChI is InChI=1S/C20H24N6O2/c1-13(4-7-22-12-21)15(3)24-20-23-11-17-14(2)10-18(27)26(19(17)25-20)16-5-8-28-9-6-16/h4,7,10-12,16,21H,3,5-6,8-9H2,1-2H3,(H,23,24,25)/b13-4-,21-12?,22-7+. The van der Waals surface area contributed by atoms with E-state index in [0.717, 1.165) is 35.7 Å². The van der Waals surface area contributed by atoms with Gasteiger partial charge in [-0.2, -0.15) is 4.98 Å². The van der Waals surface area contributed by atoms with E-state index in [2.05, 4.69) is 26.9 Å². The molecule has 8 nitrogen and oxygen atoms in total. The number of nitrogens with one attached hydrogen (secondary N) is 2. The summed E-state index contributed by atoms with van der Waals surface area (Å²) in [5.74, 6) is 0.375. The number of aliphatic imine (C=N–C) groups is 1. The first-order valence-corrected chi connectivity index (χ1v) is 9.13. The molecular formula is C20H24N6O2. The van der Waals surface area contributed by atoms with Crippen molar-refractivity contribution in [1.82, 2.24) is 14.5 Å². The van der Waals surface area contributed by atoms with Gasteiger partial charge in [0.25, 0.3) is 5.56 Å². The molecule has 0 aromatic carbocycles. The molecular weight excluding hydrogens is 356 g/mol. The lowest BCUT2D eigenvalue weighted by molar-refractivity contribution is 0.0697. The highest BCUT2D eigenvalue weighted by Crippen LogP contribution is 2.25. The van der Waals surface area contributed by atoms with Crippen LogP contribution in [0.3, 0.4) is 0 Å². The third-order valence-electron chi connectivity index (χ3n) is 4.78. The Morgan fingerprint density at radius 3 is 2.93 bits per heavy atom. The molecule has 1 fully saturated rings. The van der Waals surface area contributed by atoms with Gasteiger partial charge in [-0.05, 0) is 43.9 Å². The van der Waals surface area contributed by atoms with Crippen molar-refractivity contribution in [1.29, 1.82) is 5.41 Å². The third-order valence-corrected chi connectivity index (χ3v) is 4.78. The van der Waals surface area contributed by atoms with Crippen LogP contribution in [0.5, 0.6) is 0 Å². The molecule has 0 radical (unpaired) electrons. The normalized spacial score (nSPS) is 15.9. The molecule has 2 aromatic heterocycles. The number of hydrogen-bond donors (Lipinski definition) is 2. The number of anilines is 1. The Labute approximate surface area is 163 Å². The van der Waals surface area contributed by atoms with Crippen LogP contribution in [0, 0.1) is 12.3 Å². The fraction of sp³-hybridized carbons (Fsp3) is 0.350. The number of nitrogens with zero attached hydrogens (tertiary/aromatic N) is 4. The van der Waals surface area contributed by atoms with E-state index < -0.39 is 0 Å². The predicted octanol–water partition coefficient (Wildman–Crippen LogP) is 3.00. The van der Waals surface area contributed by atoms with Gasteiger partial charge in [-0.3, -0.25) is 14.8 Å². The van der Waals surface area contributed by atoms with Gasteiger partial charge in [-0.15, -0.1) is 0 Å². The first kappa shape index (κ1) is 19.6. The molecule has 0 saturated carbocycles. The summed E-state index contributed by atoms with van der Waals surface area (Å²) in [4.78, 5) is 25.5. The van der Waals surface area contributed by atoms with E-state index in [9.17, 15) is 4.79 Å². The maximum absolute atomic E-state index is 12.7. The second-order valence-corrected chi connectivity index (χ2v) is 6.69. The van der Waals surface area contributed by atoms with Crippen molar-refractivity contribution >= 4 is 29.5 Å².